The maximum absolute atomic E-state index is 13.6. The molecule has 4 aromatic rings. The highest BCUT2D eigenvalue weighted by Crippen LogP contribution is 2.36. The summed E-state index contributed by atoms with van der Waals surface area (Å²) in [5.41, 5.74) is 3.13. The first-order valence-electron chi connectivity index (χ1n) is 9.92. The summed E-state index contributed by atoms with van der Waals surface area (Å²) in [6, 6.07) is 12.5. The second-order valence-corrected chi connectivity index (χ2v) is 7.25. The van der Waals surface area contributed by atoms with Crippen molar-refractivity contribution in [2.24, 2.45) is 0 Å². The average Bonchev–Trinajstić information content (AvgIpc) is 3.23. The van der Waals surface area contributed by atoms with Crippen molar-refractivity contribution in [3.63, 3.8) is 0 Å². The first kappa shape index (κ1) is 19.6. The molecule has 1 aliphatic heterocycles. The van der Waals surface area contributed by atoms with Crippen LogP contribution in [0.2, 0.25) is 0 Å². The van der Waals surface area contributed by atoms with Gasteiger partial charge in [-0.15, -0.1) is 5.10 Å². The van der Waals surface area contributed by atoms with Crippen LogP contribution < -0.4 is 10.6 Å². The summed E-state index contributed by atoms with van der Waals surface area (Å²) >= 11 is 0. The van der Waals surface area contributed by atoms with Gasteiger partial charge in [0.1, 0.15) is 11.9 Å². The zero-order valence-corrected chi connectivity index (χ0v) is 17.0. The highest BCUT2D eigenvalue weighted by molar-refractivity contribution is 6.05. The third kappa shape index (κ3) is 3.60. The Kier molecular flexibility index (Phi) is 4.91. The van der Waals surface area contributed by atoms with E-state index in [-0.39, 0.29) is 11.7 Å². The Morgan fingerprint density at radius 2 is 1.84 bits per heavy atom. The van der Waals surface area contributed by atoms with E-state index in [0.717, 1.165) is 5.56 Å². The summed E-state index contributed by atoms with van der Waals surface area (Å²) in [6.45, 7) is 1.80. The Hall–Kier alpha value is -4.40. The smallest absolute Gasteiger partial charge is 0.255 e. The second kappa shape index (κ2) is 8.03. The van der Waals surface area contributed by atoms with Gasteiger partial charge in [0.15, 0.2) is 5.82 Å². The topological polar surface area (TPSA) is 97.6 Å². The maximum Gasteiger partial charge on any atom is 0.255 e. The van der Waals surface area contributed by atoms with Gasteiger partial charge in [-0.05, 0) is 48.9 Å². The molecule has 1 aliphatic rings. The minimum Gasteiger partial charge on any atom is -0.328 e. The van der Waals surface area contributed by atoms with Crippen LogP contribution in [0, 0.1) is 5.82 Å². The molecule has 1 unspecified atom stereocenters. The lowest BCUT2D eigenvalue weighted by Gasteiger charge is -2.28. The third-order valence-electron chi connectivity index (χ3n) is 5.14. The molecule has 0 bridgehead atoms. The van der Waals surface area contributed by atoms with Crippen molar-refractivity contribution in [2.75, 3.05) is 10.6 Å². The van der Waals surface area contributed by atoms with Crippen molar-refractivity contribution in [1.29, 1.82) is 0 Å². The number of carbonyl (C=O) groups excluding carboxylic acids is 1. The second-order valence-electron chi connectivity index (χ2n) is 7.25. The van der Waals surface area contributed by atoms with Gasteiger partial charge in [-0.2, -0.15) is 4.98 Å². The Morgan fingerprint density at radius 3 is 2.56 bits per heavy atom. The largest absolute Gasteiger partial charge is 0.328 e. The SMILES string of the molecule is CC1=C(C(=O)Nc2cccnc2)C(c2ccc(F)cc2)n2nc(-c3ccncc3)nc2N1. The quantitative estimate of drug-likeness (QED) is 0.514. The molecular weight excluding hydrogens is 409 g/mol. The number of halogens is 1. The predicted molar refractivity (Wildman–Crippen MR) is 117 cm³/mol. The van der Waals surface area contributed by atoms with Gasteiger partial charge in [0, 0.05) is 29.9 Å². The first-order chi connectivity index (χ1) is 15.6. The van der Waals surface area contributed by atoms with Gasteiger partial charge in [0.25, 0.3) is 5.91 Å². The van der Waals surface area contributed by atoms with E-state index >= 15 is 0 Å². The molecule has 0 aliphatic carbocycles. The van der Waals surface area contributed by atoms with E-state index in [9.17, 15) is 9.18 Å². The molecular formula is C23H18FN7O. The van der Waals surface area contributed by atoms with Crippen molar-refractivity contribution < 1.29 is 9.18 Å². The highest BCUT2D eigenvalue weighted by atomic mass is 19.1. The number of hydrogen-bond acceptors (Lipinski definition) is 6. The summed E-state index contributed by atoms with van der Waals surface area (Å²) in [5, 5.41) is 10.7. The molecule has 0 radical (unpaired) electrons. The van der Waals surface area contributed by atoms with Crippen LogP contribution in [0.4, 0.5) is 16.0 Å². The van der Waals surface area contributed by atoms with Gasteiger partial charge in [-0.1, -0.05) is 12.1 Å². The third-order valence-corrected chi connectivity index (χ3v) is 5.14. The minimum absolute atomic E-state index is 0.316. The van der Waals surface area contributed by atoms with E-state index in [1.165, 1.54) is 12.1 Å². The molecule has 0 fully saturated rings. The van der Waals surface area contributed by atoms with Crippen LogP contribution >= 0.6 is 0 Å². The number of aromatic nitrogens is 5. The Morgan fingerprint density at radius 1 is 1.06 bits per heavy atom. The molecule has 1 amide bonds. The number of carbonyl (C=O) groups is 1. The van der Waals surface area contributed by atoms with Crippen LogP contribution in [-0.4, -0.2) is 30.6 Å². The van der Waals surface area contributed by atoms with E-state index in [0.29, 0.717) is 34.3 Å². The molecule has 0 saturated carbocycles. The number of fused-ring (bicyclic) bond motifs is 1. The molecule has 1 atom stereocenters. The van der Waals surface area contributed by atoms with E-state index < -0.39 is 6.04 Å². The first-order valence-corrected chi connectivity index (χ1v) is 9.92. The number of nitrogens with one attached hydrogen (secondary N) is 2. The summed E-state index contributed by atoms with van der Waals surface area (Å²) in [6.07, 6.45) is 6.53. The molecule has 9 heteroatoms. The van der Waals surface area contributed by atoms with Crippen LogP contribution in [0.5, 0.6) is 0 Å². The van der Waals surface area contributed by atoms with Crippen molar-refractivity contribution in [3.8, 4) is 11.4 Å². The Bertz CT molecular complexity index is 1300. The number of anilines is 2. The molecule has 2 N–H and O–H groups in total. The van der Waals surface area contributed by atoms with E-state index in [1.807, 2.05) is 12.1 Å². The molecule has 1 aromatic carbocycles. The lowest BCUT2D eigenvalue weighted by Crippen LogP contribution is -2.31. The van der Waals surface area contributed by atoms with Crippen LogP contribution in [0.1, 0.15) is 18.5 Å². The molecule has 0 spiro atoms. The molecule has 4 heterocycles. The molecule has 0 saturated heterocycles. The lowest BCUT2D eigenvalue weighted by atomic mass is 9.95. The molecule has 158 valence electrons. The van der Waals surface area contributed by atoms with Gasteiger partial charge in [0.05, 0.1) is 17.5 Å². The molecule has 3 aromatic heterocycles. The van der Waals surface area contributed by atoms with Crippen LogP contribution in [0.15, 0.2) is 84.6 Å². The lowest BCUT2D eigenvalue weighted by molar-refractivity contribution is -0.113. The van der Waals surface area contributed by atoms with Gasteiger partial charge in [0.2, 0.25) is 5.95 Å². The maximum atomic E-state index is 13.6. The highest BCUT2D eigenvalue weighted by Gasteiger charge is 2.34. The van der Waals surface area contributed by atoms with Crippen molar-refractivity contribution in [1.82, 2.24) is 24.7 Å². The molecule has 5 rings (SSSR count). The van der Waals surface area contributed by atoms with Crippen LogP contribution in [0.25, 0.3) is 11.4 Å². The zero-order chi connectivity index (χ0) is 22.1. The van der Waals surface area contributed by atoms with E-state index in [4.69, 9.17) is 0 Å². The van der Waals surface area contributed by atoms with Crippen molar-refractivity contribution in [2.45, 2.75) is 13.0 Å². The van der Waals surface area contributed by atoms with Gasteiger partial charge in [-0.25, -0.2) is 9.07 Å². The number of hydrogen-bond donors (Lipinski definition) is 2. The number of benzene rings is 1. The molecule has 32 heavy (non-hydrogen) atoms. The Labute approximate surface area is 182 Å². The number of allylic oxidation sites excluding steroid dienone is 1. The van der Waals surface area contributed by atoms with Crippen molar-refractivity contribution in [3.05, 3.63) is 96.0 Å². The summed E-state index contributed by atoms with van der Waals surface area (Å²) in [7, 11) is 0. The normalized spacial score (nSPS) is 15.1. The molecule has 8 nitrogen and oxygen atoms in total. The summed E-state index contributed by atoms with van der Waals surface area (Å²) < 4.78 is 15.3. The Balaban J connectivity index is 1.60. The fourth-order valence-electron chi connectivity index (χ4n) is 3.66. The van der Waals surface area contributed by atoms with Crippen LogP contribution in [-0.2, 0) is 4.79 Å². The monoisotopic (exact) mass is 427 g/mol. The average molecular weight is 427 g/mol. The standard InChI is InChI=1S/C23H18FN7O/c1-14-19(22(32)28-18-3-2-10-26-13-18)20(15-4-6-17(24)7-5-15)31-23(27-14)29-21(30-31)16-8-11-25-12-9-16/h2-13,20H,1H3,(H,28,32)(H,27,29,30). The number of pyridine rings is 2. The van der Waals surface area contributed by atoms with Gasteiger partial charge >= 0.3 is 0 Å². The summed E-state index contributed by atoms with van der Waals surface area (Å²) in [4.78, 5) is 26.0. The minimum atomic E-state index is -0.605. The fourth-order valence-corrected chi connectivity index (χ4v) is 3.66. The zero-order valence-electron chi connectivity index (χ0n) is 17.0. The van der Waals surface area contributed by atoms with Crippen LogP contribution in [0.3, 0.4) is 0 Å². The van der Waals surface area contributed by atoms with Crippen molar-refractivity contribution >= 4 is 17.5 Å². The fraction of sp³-hybridized carbons (Fsp3) is 0.0870. The number of rotatable bonds is 4. The van der Waals surface area contributed by atoms with Gasteiger partial charge in [-0.3, -0.25) is 14.8 Å². The van der Waals surface area contributed by atoms with Gasteiger partial charge < -0.3 is 10.6 Å². The van der Waals surface area contributed by atoms with E-state index in [1.54, 1.807) is 60.7 Å². The number of nitrogens with zero attached hydrogens (tertiary/aromatic N) is 5. The summed E-state index contributed by atoms with van der Waals surface area (Å²) in [5.74, 6) is 0.301. The van der Waals surface area contributed by atoms with E-state index in [2.05, 4.69) is 30.7 Å². The predicted octanol–water partition coefficient (Wildman–Crippen LogP) is 3.80. The number of amides is 1.